The van der Waals surface area contributed by atoms with Gasteiger partial charge in [-0.2, -0.15) is 0 Å². The quantitative estimate of drug-likeness (QED) is 0.805. The molecule has 2 heterocycles. The Morgan fingerprint density at radius 2 is 2.31 bits per heavy atom. The molecule has 0 radical (unpaired) electrons. The molecule has 0 aliphatic heterocycles. The van der Waals surface area contributed by atoms with Gasteiger partial charge < -0.3 is 11.1 Å². The Morgan fingerprint density at radius 3 is 2.94 bits per heavy atom. The second-order valence-corrected chi connectivity index (χ2v) is 5.52. The van der Waals surface area contributed by atoms with Gasteiger partial charge in [-0.15, -0.1) is 22.7 Å². The topological polar surface area (TPSA) is 50.9 Å². The van der Waals surface area contributed by atoms with E-state index in [0.29, 0.717) is 5.13 Å². The summed E-state index contributed by atoms with van der Waals surface area (Å²) in [6.45, 7) is 4.04. The number of rotatable bonds is 5. The lowest BCUT2D eigenvalue weighted by Crippen LogP contribution is -2.16. The number of anilines is 1. The Kier molecular flexibility index (Phi) is 3.93. The zero-order valence-corrected chi connectivity index (χ0v) is 10.8. The van der Waals surface area contributed by atoms with Crippen molar-refractivity contribution >= 4 is 27.8 Å². The summed E-state index contributed by atoms with van der Waals surface area (Å²) in [6.07, 6.45) is 0.943. The van der Waals surface area contributed by atoms with E-state index in [-0.39, 0.29) is 0 Å². The van der Waals surface area contributed by atoms with Crippen LogP contribution < -0.4 is 11.1 Å². The molecular weight excluding hydrogens is 238 g/mol. The molecule has 3 N–H and O–H groups in total. The van der Waals surface area contributed by atoms with Crippen LogP contribution in [0.4, 0.5) is 5.13 Å². The molecule has 0 saturated carbocycles. The molecule has 2 rings (SSSR count). The molecule has 86 valence electrons. The number of nitrogens with two attached hydrogens (primary N) is 1. The smallest absolute Gasteiger partial charge is 0.180 e. The Hall–Kier alpha value is -0.910. The number of nitrogens with one attached hydrogen (secondary N) is 1. The second-order valence-electron chi connectivity index (χ2n) is 3.63. The van der Waals surface area contributed by atoms with Crippen molar-refractivity contribution in [2.45, 2.75) is 19.9 Å². The van der Waals surface area contributed by atoms with Crippen LogP contribution in [0.5, 0.6) is 0 Å². The number of aryl methyl sites for hydroxylation is 1. The molecule has 2 aromatic rings. The Bertz CT molecular complexity index is 448. The predicted octanol–water partition coefficient (Wildman–Crippen LogP) is 2.43. The first-order valence-corrected chi connectivity index (χ1v) is 6.95. The van der Waals surface area contributed by atoms with Gasteiger partial charge in [-0.05, 0) is 23.9 Å². The molecule has 0 unspecified atom stereocenters. The molecule has 3 nitrogen and oxygen atoms in total. The van der Waals surface area contributed by atoms with Gasteiger partial charge in [0.15, 0.2) is 5.13 Å². The molecule has 0 bridgehead atoms. The zero-order valence-electron chi connectivity index (χ0n) is 9.19. The lowest BCUT2D eigenvalue weighted by Gasteiger charge is -2.02. The van der Waals surface area contributed by atoms with Crippen molar-refractivity contribution in [3.05, 3.63) is 33.0 Å². The van der Waals surface area contributed by atoms with Crippen LogP contribution in [0.2, 0.25) is 0 Å². The molecule has 0 fully saturated rings. The molecule has 0 atom stereocenters. The fourth-order valence-corrected chi connectivity index (χ4v) is 2.91. The van der Waals surface area contributed by atoms with Crippen LogP contribution in [-0.2, 0) is 13.0 Å². The highest BCUT2D eigenvalue weighted by molar-refractivity contribution is 7.13. The minimum Gasteiger partial charge on any atom is -0.375 e. The maximum Gasteiger partial charge on any atom is 0.180 e. The minimum atomic E-state index is 0.657. The second kappa shape index (κ2) is 5.43. The average Bonchev–Trinajstić information content (AvgIpc) is 2.83. The predicted molar refractivity (Wildman–Crippen MR) is 71.0 cm³/mol. The summed E-state index contributed by atoms with van der Waals surface area (Å²) >= 11 is 3.31. The van der Waals surface area contributed by atoms with Gasteiger partial charge in [0, 0.05) is 29.8 Å². The standard InChI is InChI=1S/C11H15N3S2/c1-8-3-5-15-10(8)6-13-4-2-9-7-16-11(12)14-9/h3,5,7,13H,2,4,6H2,1H3,(H2,12,14). The third kappa shape index (κ3) is 3.04. The van der Waals surface area contributed by atoms with Crippen molar-refractivity contribution in [1.82, 2.24) is 10.3 Å². The highest BCUT2D eigenvalue weighted by Crippen LogP contribution is 2.15. The first-order valence-electron chi connectivity index (χ1n) is 5.19. The normalized spacial score (nSPS) is 10.8. The van der Waals surface area contributed by atoms with E-state index in [1.54, 1.807) is 11.3 Å². The van der Waals surface area contributed by atoms with Gasteiger partial charge in [0.25, 0.3) is 0 Å². The van der Waals surface area contributed by atoms with Crippen LogP contribution in [0.15, 0.2) is 16.8 Å². The van der Waals surface area contributed by atoms with E-state index in [4.69, 9.17) is 5.73 Å². The van der Waals surface area contributed by atoms with Gasteiger partial charge in [0.05, 0.1) is 5.69 Å². The van der Waals surface area contributed by atoms with E-state index in [1.165, 1.54) is 21.8 Å². The van der Waals surface area contributed by atoms with Crippen LogP contribution in [0.25, 0.3) is 0 Å². The first-order chi connectivity index (χ1) is 7.75. The van der Waals surface area contributed by atoms with Gasteiger partial charge in [-0.1, -0.05) is 0 Å². The Morgan fingerprint density at radius 1 is 1.44 bits per heavy atom. The molecule has 2 aromatic heterocycles. The third-order valence-corrected chi connectivity index (χ3v) is 4.13. The number of nitrogen functional groups attached to an aromatic ring is 1. The summed E-state index contributed by atoms with van der Waals surface area (Å²) in [5.74, 6) is 0. The average molecular weight is 253 g/mol. The van der Waals surface area contributed by atoms with Crippen LogP contribution in [0.3, 0.4) is 0 Å². The minimum absolute atomic E-state index is 0.657. The summed E-state index contributed by atoms with van der Waals surface area (Å²) in [7, 11) is 0. The van der Waals surface area contributed by atoms with Gasteiger partial charge in [-0.25, -0.2) is 4.98 Å². The van der Waals surface area contributed by atoms with Gasteiger partial charge in [-0.3, -0.25) is 0 Å². The highest BCUT2D eigenvalue weighted by atomic mass is 32.1. The lowest BCUT2D eigenvalue weighted by molar-refractivity contribution is 0.686. The zero-order chi connectivity index (χ0) is 11.4. The molecule has 16 heavy (non-hydrogen) atoms. The van der Waals surface area contributed by atoms with Crippen molar-refractivity contribution in [1.29, 1.82) is 0 Å². The highest BCUT2D eigenvalue weighted by Gasteiger charge is 2.00. The van der Waals surface area contributed by atoms with Crippen molar-refractivity contribution < 1.29 is 0 Å². The van der Waals surface area contributed by atoms with Crippen molar-refractivity contribution in [3.8, 4) is 0 Å². The van der Waals surface area contributed by atoms with E-state index in [1.807, 2.05) is 5.38 Å². The fraction of sp³-hybridized carbons (Fsp3) is 0.364. The third-order valence-electron chi connectivity index (χ3n) is 2.38. The van der Waals surface area contributed by atoms with E-state index in [9.17, 15) is 0 Å². The Balaban J connectivity index is 1.71. The van der Waals surface area contributed by atoms with Crippen LogP contribution in [0, 0.1) is 6.92 Å². The van der Waals surface area contributed by atoms with Crippen LogP contribution in [0.1, 0.15) is 16.1 Å². The molecule has 0 aliphatic carbocycles. The van der Waals surface area contributed by atoms with Gasteiger partial charge in [0.2, 0.25) is 0 Å². The number of thiophene rings is 1. The number of hydrogen-bond acceptors (Lipinski definition) is 5. The first kappa shape index (κ1) is 11.6. The SMILES string of the molecule is Cc1ccsc1CNCCc1csc(N)n1. The summed E-state index contributed by atoms with van der Waals surface area (Å²) in [4.78, 5) is 5.64. The maximum absolute atomic E-state index is 5.57. The van der Waals surface area contributed by atoms with E-state index in [0.717, 1.165) is 25.2 Å². The summed E-state index contributed by atoms with van der Waals surface area (Å²) in [6, 6.07) is 2.16. The largest absolute Gasteiger partial charge is 0.375 e. The molecule has 0 amide bonds. The Labute approximate surface area is 103 Å². The molecular formula is C11H15N3S2. The van der Waals surface area contributed by atoms with Gasteiger partial charge >= 0.3 is 0 Å². The molecule has 0 aliphatic rings. The van der Waals surface area contributed by atoms with Crippen molar-refractivity contribution in [2.24, 2.45) is 0 Å². The molecule has 0 spiro atoms. The lowest BCUT2D eigenvalue weighted by atomic mass is 10.3. The maximum atomic E-state index is 5.57. The van der Waals surface area contributed by atoms with E-state index < -0.39 is 0 Å². The van der Waals surface area contributed by atoms with Gasteiger partial charge in [0.1, 0.15) is 0 Å². The van der Waals surface area contributed by atoms with E-state index in [2.05, 4.69) is 28.7 Å². The monoisotopic (exact) mass is 253 g/mol. The number of hydrogen-bond donors (Lipinski definition) is 2. The fourth-order valence-electron chi connectivity index (χ4n) is 1.44. The summed E-state index contributed by atoms with van der Waals surface area (Å²) in [5.41, 5.74) is 8.02. The number of thiazole rings is 1. The summed E-state index contributed by atoms with van der Waals surface area (Å²) < 4.78 is 0. The van der Waals surface area contributed by atoms with E-state index >= 15 is 0 Å². The number of aromatic nitrogens is 1. The molecule has 0 saturated heterocycles. The van der Waals surface area contributed by atoms with Crippen molar-refractivity contribution in [3.63, 3.8) is 0 Å². The van der Waals surface area contributed by atoms with Crippen LogP contribution >= 0.6 is 22.7 Å². The van der Waals surface area contributed by atoms with Crippen molar-refractivity contribution in [2.75, 3.05) is 12.3 Å². The van der Waals surface area contributed by atoms with Crippen LogP contribution in [-0.4, -0.2) is 11.5 Å². The molecule has 5 heteroatoms. The number of nitrogens with zero attached hydrogens (tertiary/aromatic N) is 1. The molecule has 0 aromatic carbocycles. The summed E-state index contributed by atoms with van der Waals surface area (Å²) in [5, 5.41) is 8.23.